The van der Waals surface area contributed by atoms with E-state index in [1.165, 1.54) is 12.8 Å². The summed E-state index contributed by atoms with van der Waals surface area (Å²) < 4.78 is 5.20. The number of fused-ring (bicyclic) bond motifs is 1. The van der Waals surface area contributed by atoms with E-state index in [-0.39, 0.29) is 11.3 Å². The van der Waals surface area contributed by atoms with Gasteiger partial charge in [-0.3, -0.25) is 0 Å². The van der Waals surface area contributed by atoms with Crippen LogP contribution in [0.3, 0.4) is 0 Å². The minimum atomic E-state index is -1.03. The predicted octanol–water partition coefficient (Wildman–Crippen LogP) is 2.13. The average Bonchev–Trinajstić information content (AvgIpc) is 2.85. The number of carbonyl (C=O) groups is 1. The first kappa shape index (κ1) is 9.57. The Bertz CT molecular complexity index is 432. The molecule has 1 saturated carbocycles. The van der Waals surface area contributed by atoms with E-state index in [4.69, 9.17) is 9.52 Å². The van der Waals surface area contributed by atoms with E-state index in [1.807, 2.05) is 0 Å². The first-order chi connectivity index (χ1) is 7.69. The highest BCUT2D eigenvalue weighted by Gasteiger charge is 2.38. The molecule has 1 fully saturated rings. The number of carboxylic acid groups (broad SMARTS) is 1. The minimum Gasteiger partial charge on any atom is -0.475 e. The highest BCUT2D eigenvalue weighted by molar-refractivity contribution is 5.88. The number of carboxylic acids is 1. The summed E-state index contributed by atoms with van der Waals surface area (Å²) in [6.45, 7) is 0.812. The van der Waals surface area contributed by atoms with Crippen molar-refractivity contribution in [2.24, 2.45) is 0 Å². The maximum Gasteiger partial charge on any atom is 0.371 e. The highest BCUT2D eigenvalue weighted by Crippen LogP contribution is 2.40. The molecular weight excluding hydrogens is 208 g/mol. The second-order valence-electron chi connectivity index (χ2n) is 4.62. The van der Waals surface area contributed by atoms with Gasteiger partial charge in [-0.1, -0.05) is 12.8 Å². The first-order valence-corrected chi connectivity index (χ1v) is 5.58. The Morgan fingerprint density at radius 3 is 2.88 bits per heavy atom. The number of furan rings is 1. The van der Waals surface area contributed by atoms with Crippen molar-refractivity contribution in [3.8, 4) is 0 Å². The Hall–Kier alpha value is -1.65. The lowest BCUT2D eigenvalue weighted by Gasteiger charge is -2.35. The van der Waals surface area contributed by atoms with Crippen LogP contribution in [0.2, 0.25) is 0 Å². The lowest BCUT2D eigenvalue weighted by molar-refractivity contribution is 0.0663. The molecule has 0 radical (unpaired) electrons. The molecule has 0 atom stereocenters. The zero-order chi connectivity index (χ0) is 11.2. The summed E-state index contributed by atoms with van der Waals surface area (Å²) in [5.74, 6) is -0.492. The Labute approximate surface area is 92.8 Å². The van der Waals surface area contributed by atoms with Gasteiger partial charge in [0.2, 0.25) is 11.6 Å². The van der Waals surface area contributed by atoms with Crippen LogP contribution >= 0.6 is 0 Å². The number of hydrogen-bond donors (Lipinski definition) is 3. The van der Waals surface area contributed by atoms with Gasteiger partial charge in [0, 0.05) is 12.6 Å². The van der Waals surface area contributed by atoms with Crippen LogP contribution in [0.4, 0.5) is 11.6 Å². The number of nitrogens with one attached hydrogen (secondary N) is 2. The molecule has 0 bridgehead atoms. The predicted molar refractivity (Wildman–Crippen MR) is 59.0 cm³/mol. The third kappa shape index (κ3) is 1.35. The Morgan fingerprint density at radius 1 is 1.44 bits per heavy atom. The minimum absolute atomic E-state index is 0.0138. The molecule has 1 aromatic rings. The fourth-order valence-electron chi connectivity index (χ4n) is 2.65. The van der Waals surface area contributed by atoms with Gasteiger partial charge in [0.25, 0.3) is 0 Å². The van der Waals surface area contributed by atoms with Crippen molar-refractivity contribution in [2.75, 3.05) is 17.2 Å². The van der Waals surface area contributed by atoms with E-state index in [0.717, 1.165) is 25.1 Å². The number of aromatic carboxylic acids is 1. The van der Waals surface area contributed by atoms with Crippen molar-refractivity contribution >= 4 is 17.5 Å². The molecule has 0 unspecified atom stereocenters. The second-order valence-corrected chi connectivity index (χ2v) is 4.62. The van der Waals surface area contributed by atoms with Gasteiger partial charge in [0.15, 0.2) is 0 Å². The quantitative estimate of drug-likeness (QED) is 0.678. The van der Waals surface area contributed by atoms with Crippen LogP contribution in [0.5, 0.6) is 0 Å². The van der Waals surface area contributed by atoms with Crippen molar-refractivity contribution in [3.05, 3.63) is 11.8 Å². The standard InChI is InChI=1S/C11H14N2O3/c14-10(15)8-5-7-9(16-8)12-6-11(13-7)3-1-2-4-11/h5,12-13H,1-4,6H2,(H,14,15). The van der Waals surface area contributed by atoms with E-state index in [1.54, 1.807) is 6.07 Å². The first-order valence-electron chi connectivity index (χ1n) is 5.58. The topological polar surface area (TPSA) is 74.5 Å². The summed E-state index contributed by atoms with van der Waals surface area (Å²) in [7, 11) is 0. The van der Waals surface area contributed by atoms with Gasteiger partial charge in [0.05, 0.1) is 11.2 Å². The Kier molecular flexibility index (Phi) is 1.89. The van der Waals surface area contributed by atoms with Crippen molar-refractivity contribution in [3.63, 3.8) is 0 Å². The molecular formula is C11H14N2O3. The van der Waals surface area contributed by atoms with E-state index in [2.05, 4.69) is 10.6 Å². The molecule has 1 aromatic heterocycles. The van der Waals surface area contributed by atoms with Crippen LogP contribution < -0.4 is 10.6 Å². The van der Waals surface area contributed by atoms with Crippen LogP contribution in [0.25, 0.3) is 0 Å². The normalized spacial score (nSPS) is 21.2. The molecule has 16 heavy (non-hydrogen) atoms. The fraction of sp³-hybridized carbons (Fsp3) is 0.545. The molecule has 5 heteroatoms. The maximum absolute atomic E-state index is 10.8. The maximum atomic E-state index is 10.8. The molecule has 2 aliphatic rings. The monoisotopic (exact) mass is 222 g/mol. The molecule has 0 saturated heterocycles. The van der Waals surface area contributed by atoms with Crippen LogP contribution in [0.1, 0.15) is 36.2 Å². The van der Waals surface area contributed by atoms with Gasteiger partial charge in [0.1, 0.15) is 0 Å². The number of anilines is 2. The SMILES string of the molecule is O=C(O)c1cc2c(o1)NCC1(CCCC1)N2. The van der Waals surface area contributed by atoms with Gasteiger partial charge in [-0.2, -0.15) is 0 Å². The molecule has 1 spiro atoms. The molecule has 5 nitrogen and oxygen atoms in total. The van der Waals surface area contributed by atoms with Crippen LogP contribution in [-0.2, 0) is 0 Å². The van der Waals surface area contributed by atoms with E-state index in [9.17, 15) is 4.79 Å². The number of hydrogen-bond acceptors (Lipinski definition) is 4. The lowest BCUT2D eigenvalue weighted by atomic mass is 9.95. The third-order valence-electron chi connectivity index (χ3n) is 3.49. The molecule has 3 N–H and O–H groups in total. The molecule has 86 valence electrons. The van der Waals surface area contributed by atoms with Crippen LogP contribution in [0.15, 0.2) is 10.5 Å². The van der Waals surface area contributed by atoms with E-state index < -0.39 is 5.97 Å². The molecule has 1 aliphatic heterocycles. The molecule has 2 heterocycles. The van der Waals surface area contributed by atoms with Crippen LogP contribution in [-0.4, -0.2) is 23.2 Å². The highest BCUT2D eigenvalue weighted by atomic mass is 16.4. The van der Waals surface area contributed by atoms with Gasteiger partial charge < -0.3 is 20.2 Å². The summed E-state index contributed by atoms with van der Waals surface area (Å²) in [5.41, 5.74) is 0.887. The van der Waals surface area contributed by atoms with Gasteiger partial charge in [-0.05, 0) is 12.8 Å². The van der Waals surface area contributed by atoms with Crippen molar-refractivity contribution in [2.45, 2.75) is 31.2 Å². The molecule has 3 rings (SSSR count). The molecule has 0 amide bonds. The zero-order valence-corrected chi connectivity index (χ0v) is 8.88. The number of rotatable bonds is 1. The Balaban J connectivity index is 1.91. The third-order valence-corrected chi connectivity index (χ3v) is 3.49. The van der Waals surface area contributed by atoms with E-state index >= 15 is 0 Å². The largest absolute Gasteiger partial charge is 0.475 e. The summed E-state index contributed by atoms with van der Waals surface area (Å²) in [6.07, 6.45) is 4.72. The summed E-state index contributed by atoms with van der Waals surface area (Å²) >= 11 is 0. The smallest absolute Gasteiger partial charge is 0.371 e. The van der Waals surface area contributed by atoms with E-state index in [0.29, 0.717) is 5.88 Å². The second kappa shape index (κ2) is 3.17. The Morgan fingerprint density at radius 2 is 2.19 bits per heavy atom. The van der Waals surface area contributed by atoms with Gasteiger partial charge >= 0.3 is 5.97 Å². The van der Waals surface area contributed by atoms with Gasteiger partial charge in [-0.25, -0.2) is 4.79 Å². The van der Waals surface area contributed by atoms with Crippen molar-refractivity contribution < 1.29 is 14.3 Å². The molecule has 0 aromatic carbocycles. The zero-order valence-electron chi connectivity index (χ0n) is 8.88. The summed E-state index contributed by atoms with van der Waals surface area (Å²) in [5, 5.41) is 15.4. The molecule has 1 aliphatic carbocycles. The summed E-state index contributed by atoms with van der Waals surface area (Å²) in [4.78, 5) is 10.8. The average molecular weight is 222 g/mol. The lowest BCUT2D eigenvalue weighted by Crippen LogP contribution is -2.44. The fourth-order valence-corrected chi connectivity index (χ4v) is 2.65. The van der Waals surface area contributed by atoms with Crippen molar-refractivity contribution in [1.29, 1.82) is 0 Å². The van der Waals surface area contributed by atoms with Crippen LogP contribution in [0, 0.1) is 0 Å². The van der Waals surface area contributed by atoms with Gasteiger partial charge in [-0.15, -0.1) is 0 Å². The van der Waals surface area contributed by atoms with Crippen molar-refractivity contribution in [1.82, 2.24) is 0 Å². The summed E-state index contributed by atoms with van der Waals surface area (Å²) in [6, 6.07) is 1.56.